The van der Waals surface area contributed by atoms with Crippen LogP contribution in [-0.4, -0.2) is 24.0 Å². The third kappa shape index (κ3) is 4.03. The second kappa shape index (κ2) is 7.31. The van der Waals surface area contributed by atoms with Crippen LogP contribution in [0.2, 0.25) is 0 Å². The number of ether oxygens (including phenoxy) is 1. The van der Waals surface area contributed by atoms with E-state index in [1.54, 1.807) is 24.1 Å². The van der Waals surface area contributed by atoms with Crippen molar-refractivity contribution in [1.82, 2.24) is 4.90 Å². The van der Waals surface area contributed by atoms with E-state index in [1.807, 2.05) is 12.1 Å². The van der Waals surface area contributed by atoms with Crippen LogP contribution in [0, 0.1) is 0 Å². The van der Waals surface area contributed by atoms with Crippen molar-refractivity contribution in [2.75, 3.05) is 7.11 Å². The molecular weight excluding hydrogens is 411 g/mol. The van der Waals surface area contributed by atoms with E-state index in [0.717, 1.165) is 24.5 Å². The lowest BCUT2D eigenvalue weighted by molar-refractivity contribution is -0.138. The summed E-state index contributed by atoms with van der Waals surface area (Å²) in [5.74, 6) is 0.306. The summed E-state index contributed by atoms with van der Waals surface area (Å²) < 4.78 is 44.3. The zero-order valence-corrected chi connectivity index (χ0v) is 15.6. The minimum absolute atomic E-state index is 0.0280. The molecule has 7 heteroatoms. The number of hydrogen-bond acceptors (Lipinski definition) is 2. The molecule has 1 amide bonds. The van der Waals surface area contributed by atoms with E-state index in [4.69, 9.17) is 4.74 Å². The topological polar surface area (TPSA) is 29.5 Å². The van der Waals surface area contributed by atoms with Crippen molar-refractivity contribution in [3.05, 3.63) is 63.6 Å². The molecule has 0 atom stereocenters. The van der Waals surface area contributed by atoms with Crippen LogP contribution in [-0.2, 0) is 12.7 Å². The molecule has 0 aliphatic heterocycles. The molecule has 0 unspecified atom stereocenters. The Morgan fingerprint density at radius 3 is 2.38 bits per heavy atom. The van der Waals surface area contributed by atoms with Gasteiger partial charge in [0.25, 0.3) is 5.91 Å². The lowest BCUT2D eigenvalue weighted by Gasteiger charge is -2.24. The normalized spacial score (nSPS) is 14.2. The van der Waals surface area contributed by atoms with Gasteiger partial charge in [-0.1, -0.05) is 18.2 Å². The monoisotopic (exact) mass is 427 g/mol. The Labute approximate surface area is 157 Å². The van der Waals surface area contributed by atoms with Gasteiger partial charge in [0.05, 0.1) is 18.2 Å². The van der Waals surface area contributed by atoms with Crippen LogP contribution in [0.15, 0.2) is 46.9 Å². The van der Waals surface area contributed by atoms with E-state index < -0.39 is 17.6 Å². The van der Waals surface area contributed by atoms with Crippen molar-refractivity contribution >= 4 is 21.8 Å². The summed E-state index contributed by atoms with van der Waals surface area (Å²) >= 11 is 2.98. The van der Waals surface area contributed by atoms with Crippen LogP contribution < -0.4 is 4.74 Å². The molecule has 3 nitrogen and oxygen atoms in total. The molecular formula is C19H17BrF3NO2. The van der Waals surface area contributed by atoms with Crippen LogP contribution in [0.25, 0.3) is 0 Å². The molecule has 0 saturated heterocycles. The van der Waals surface area contributed by atoms with Crippen molar-refractivity contribution in [2.24, 2.45) is 0 Å². The quantitative estimate of drug-likeness (QED) is 0.649. The fourth-order valence-electron chi connectivity index (χ4n) is 2.75. The van der Waals surface area contributed by atoms with Crippen molar-refractivity contribution in [1.29, 1.82) is 0 Å². The van der Waals surface area contributed by atoms with Gasteiger partial charge in [0.2, 0.25) is 0 Å². The molecule has 0 aromatic heterocycles. The summed E-state index contributed by atoms with van der Waals surface area (Å²) in [5.41, 5.74) is 0.0814. The predicted octanol–water partition coefficient (Wildman–Crippen LogP) is 5.28. The number of alkyl halides is 3. The van der Waals surface area contributed by atoms with Crippen molar-refractivity contribution in [3.8, 4) is 5.75 Å². The molecule has 3 rings (SSSR count). The van der Waals surface area contributed by atoms with Gasteiger partial charge in [-0.2, -0.15) is 13.2 Å². The SMILES string of the molecule is COc1ccc(CN(C(=O)c2cccc(C(F)(F)F)c2Br)C2CC2)cc1. The average Bonchev–Trinajstić information content (AvgIpc) is 3.44. The number of rotatable bonds is 5. The van der Waals surface area contributed by atoms with E-state index in [1.165, 1.54) is 12.1 Å². The molecule has 1 saturated carbocycles. The highest BCUT2D eigenvalue weighted by molar-refractivity contribution is 9.10. The van der Waals surface area contributed by atoms with Gasteiger partial charge in [-0.05, 0) is 58.6 Å². The van der Waals surface area contributed by atoms with Crippen LogP contribution in [0.1, 0.15) is 34.3 Å². The van der Waals surface area contributed by atoms with Gasteiger partial charge in [-0.25, -0.2) is 0 Å². The fourth-order valence-corrected chi connectivity index (χ4v) is 3.41. The number of amides is 1. The molecule has 0 N–H and O–H groups in total. The highest BCUT2D eigenvalue weighted by atomic mass is 79.9. The highest BCUT2D eigenvalue weighted by Crippen LogP contribution is 2.38. The predicted molar refractivity (Wildman–Crippen MR) is 95.0 cm³/mol. The zero-order valence-electron chi connectivity index (χ0n) is 14.0. The van der Waals surface area contributed by atoms with Gasteiger partial charge in [0.15, 0.2) is 0 Å². The van der Waals surface area contributed by atoms with Crippen LogP contribution in [0.5, 0.6) is 5.75 Å². The molecule has 2 aromatic carbocycles. The molecule has 138 valence electrons. The average molecular weight is 428 g/mol. The number of halogens is 4. The summed E-state index contributed by atoms with van der Waals surface area (Å²) in [4.78, 5) is 14.6. The number of carbonyl (C=O) groups excluding carboxylic acids is 1. The fraction of sp³-hybridized carbons (Fsp3) is 0.316. The maximum Gasteiger partial charge on any atom is 0.417 e. The summed E-state index contributed by atoms with van der Waals surface area (Å²) in [7, 11) is 1.57. The molecule has 0 radical (unpaired) electrons. The Morgan fingerprint density at radius 2 is 1.85 bits per heavy atom. The van der Waals surface area contributed by atoms with Gasteiger partial charge in [0, 0.05) is 17.1 Å². The Morgan fingerprint density at radius 1 is 1.19 bits per heavy atom. The second-order valence-electron chi connectivity index (χ2n) is 6.18. The van der Waals surface area contributed by atoms with E-state index in [0.29, 0.717) is 12.3 Å². The Bertz CT molecular complexity index is 801. The molecule has 0 bridgehead atoms. The lowest BCUT2D eigenvalue weighted by atomic mass is 10.1. The third-order valence-electron chi connectivity index (χ3n) is 4.30. The minimum atomic E-state index is -4.52. The standard InChI is InChI=1S/C19H17BrF3NO2/c1-26-14-9-5-12(6-10-14)11-24(13-7-8-13)18(25)15-3-2-4-16(17(15)20)19(21,22)23/h2-6,9-10,13H,7-8,11H2,1H3. The Balaban J connectivity index is 1.88. The zero-order chi connectivity index (χ0) is 18.9. The van der Waals surface area contributed by atoms with Crippen molar-refractivity contribution in [2.45, 2.75) is 31.6 Å². The van der Waals surface area contributed by atoms with Gasteiger partial charge in [-0.3, -0.25) is 4.79 Å². The van der Waals surface area contributed by atoms with Crippen LogP contribution >= 0.6 is 15.9 Å². The first-order valence-electron chi connectivity index (χ1n) is 8.11. The minimum Gasteiger partial charge on any atom is -0.497 e. The highest BCUT2D eigenvalue weighted by Gasteiger charge is 2.37. The Kier molecular flexibility index (Phi) is 5.27. The third-order valence-corrected chi connectivity index (χ3v) is 5.15. The molecule has 26 heavy (non-hydrogen) atoms. The number of benzene rings is 2. The van der Waals surface area contributed by atoms with Gasteiger partial charge in [-0.15, -0.1) is 0 Å². The first-order valence-corrected chi connectivity index (χ1v) is 8.90. The first kappa shape index (κ1) is 18.8. The van der Waals surface area contributed by atoms with Gasteiger partial charge in [0.1, 0.15) is 5.75 Å². The van der Waals surface area contributed by atoms with E-state index >= 15 is 0 Å². The van der Waals surface area contributed by atoms with Crippen molar-refractivity contribution < 1.29 is 22.7 Å². The van der Waals surface area contributed by atoms with Crippen LogP contribution in [0.3, 0.4) is 0 Å². The number of hydrogen-bond donors (Lipinski definition) is 0. The molecule has 0 heterocycles. The molecule has 1 aliphatic carbocycles. The Hall–Kier alpha value is -2.02. The van der Waals surface area contributed by atoms with E-state index in [-0.39, 0.29) is 16.1 Å². The largest absolute Gasteiger partial charge is 0.497 e. The summed E-state index contributed by atoms with van der Waals surface area (Å²) in [5, 5.41) is 0. The van der Waals surface area contributed by atoms with E-state index in [2.05, 4.69) is 15.9 Å². The summed E-state index contributed by atoms with van der Waals surface area (Å²) in [6.45, 7) is 0.343. The van der Waals surface area contributed by atoms with E-state index in [9.17, 15) is 18.0 Å². The van der Waals surface area contributed by atoms with Gasteiger partial charge >= 0.3 is 6.18 Å². The second-order valence-corrected chi connectivity index (χ2v) is 6.97. The summed E-state index contributed by atoms with van der Waals surface area (Å²) in [6, 6.07) is 11.0. The number of carbonyl (C=O) groups is 1. The van der Waals surface area contributed by atoms with Crippen molar-refractivity contribution in [3.63, 3.8) is 0 Å². The van der Waals surface area contributed by atoms with Crippen LogP contribution in [0.4, 0.5) is 13.2 Å². The smallest absolute Gasteiger partial charge is 0.417 e. The first-order chi connectivity index (χ1) is 12.3. The maximum atomic E-state index is 13.1. The summed E-state index contributed by atoms with van der Waals surface area (Å²) in [6.07, 6.45) is -2.80. The number of nitrogens with zero attached hydrogens (tertiary/aromatic N) is 1. The number of methoxy groups -OCH3 is 1. The molecule has 1 fully saturated rings. The lowest BCUT2D eigenvalue weighted by Crippen LogP contribution is -2.33. The molecule has 0 spiro atoms. The molecule has 1 aliphatic rings. The maximum absolute atomic E-state index is 13.1. The van der Waals surface area contributed by atoms with Gasteiger partial charge < -0.3 is 9.64 Å². The molecule has 2 aromatic rings.